The summed E-state index contributed by atoms with van der Waals surface area (Å²) in [7, 11) is 0. The van der Waals surface area contributed by atoms with Crippen LogP contribution in [0, 0.1) is 0 Å². The van der Waals surface area contributed by atoms with Crippen LogP contribution in [0.5, 0.6) is 0 Å². The Bertz CT molecular complexity index is 288. The lowest BCUT2D eigenvalue weighted by molar-refractivity contribution is -0.143. The molecule has 0 aromatic carbocycles. The summed E-state index contributed by atoms with van der Waals surface area (Å²) < 4.78 is 5.05. The van der Waals surface area contributed by atoms with Gasteiger partial charge in [0.25, 0.3) is 0 Å². The van der Waals surface area contributed by atoms with E-state index in [1.165, 1.54) is 0 Å². The molecule has 0 amide bonds. The molecule has 17 heavy (non-hydrogen) atoms. The van der Waals surface area contributed by atoms with Crippen LogP contribution in [0.3, 0.4) is 0 Å². The molecule has 0 aliphatic carbocycles. The molecule has 0 aliphatic rings. The molecule has 0 aromatic rings. The van der Waals surface area contributed by atoms with Gasteiger partial charge in [0.1, 0.15) is 0 Å². The van der Waals surface area contributed by atoms with E-state index in [0.717, 1.165) is 25.7 Å². The van der Waals surface area contributed by atoms with Gasteiger partial charge < -0.3 is 9.84 Å². The Morgan fingerprint density at radius 1 is 1.12 bits per heavy atom. The Balaban J connectivity index is 4.09. The first kappa shape index (κ1) is 15.7. The van der Waals surface area contributed by atoms with Crippen molar-refractivity contribution in [2.24, 2.45) is 0 Å². The quantitative estimate of drug-likeness (QED) is 0.404. The molecular formula is C13H22O4. The number of allylic oxidation sites excluding steroid dienone is 1. The van der Waals surface area contributed by atoms with Gasteiger partial charge in [0.2, 0.25) is 0 Å². The maximum Gasteiger partial charge on any atom is 0.334 e. The predicted molar refractivity (Wildman–Crippen MR) is 65.7 cm³/mol. The summed E-state index contributed by atoms with van der Waals surface area (Å²) in [6.45, 7) is 5.92. The van der Waals surface area contributed by atoms with Crippen molar-refractivity contribution >= 4 is 11.9 Å². The summed E-state index contributed by atoms with van der Waals surface area (Å²) in [5.74, 6) is -1.51. The van der Waals surface area contributed by atoms with Crippen molar-refractivity contribution in [1.82, 2.24) is 0 Å². The number of hydrogen-bond donors (Lipinski definition) is 1. The zero-order valence-corrected chi connectivity index (χ0v) is 10.9. The average molecular weight is 242 g/mol. The summed E-state index contributed by atoms with van der Waals surface area (Å²) in [5, 5.41) is 8.68. The number of hydrogen-bond acceptors (Lipinski definition) is 3. The van der Waals surface area contributed by atoms with Gasteiger partial charge in [-0.2, -0.15) is 0 Å². The lowest BCUT2D eigenvalue weighted by atomic mass is 10.1. The van der Waals surface area contributed by atoms with Crippen LogP contribution in [0.25, 0.3) is 0 Å². The Kier molecular flexibility index (Phi) is 8.11. The fraction of sp³-hybridized carbons (Fsp3) is 0.692. The van der Waals surface area contributed by atoms with Crippen molar-refractivity contribution in [2.75, 3.05) is 6.61 Å². The van der Waals surface area contributed by atoms with Crippen molar-refractivity contribution in [3.05, 3.63) is 11.1 Å². The average Bonchev–Trinajstić information content (AvgIpc) is 2.24. The smallest absolute Gasteiger partial charge is 0.334 e. The van der Waals surface area contributed by atoms with E-state index in [0.29, 0.717) is 12.2 Å². The van der Waals surface area contributed by atoms with Crippen LogP contribution in [0.4, 0.5) is 0 Å². The molecule has 0 aromatic heterocycles. The van der Waals surface area contributed by atoms with Gasteiger partial charge in [-0.3, -0.25) is 4.79 Å². The van der Waals surface area contributed by atoms with Gasteiger partial charge in [0, 0.05) is 5.57 Å². The second kappa shape index (κ2) is 8.79. The van der Waals surface area contributed by atoms with Crippen molar-refractivity contribution < 1.29 is 19.4 Å². The molecule has 0 spiro atoms. The van der Waals surface area contributed by atoms with Gasteiger partial charge in [0.05, 0.1) is 13.0 Å². The highest BCUT2D eigenvalue weighted by molar-refractivity contribution is 5.94. The maximum absolute atomic E-state index is 11.6. The maximum atomic E-state index is 11.6. The van der Waals surface area contributed by atoms with Crippen molar-refractivity contribution in [2.45, 2.75) is 52.9 Å². The molecule has 98 valence electrons. The van der Waals surface area contributed by atoms with Crippen LogP contribution in [-0.4, -0.2) is 23.7 Å². The highest BCUT2D eigenvalue weighted by Gasteiger charge is 2.15. The Morgan fingerprint density at radius 3 is 2.24 bits per heavy atom. The van der Waals surface area contributed by atoms with E-state index in [4.69, 9.17) is 9.84 Å². The number of carbonyl (C=O) groups excluding carboxylic acids is 1. The Labute approximate surface area is 103 Å². The summed E-state index contributed by atoms with van der Waals surface area (Å²) in [5.41, 5.74) is 0.957. The Hall–Kier alpha value is -1.32. The first-order valence-electron chi connectivity index (χ1n) is 6.04. The molecular weight excluding hydrogens is 220 g/mol. The third kappa shape index (κ3) is 7.55. The molecule has 4 nitrogen and oxygen atoms in total. The van der Waals surface area contributed by atoms with Crippen LogP contribution < -0.4 is 0 Å². The lowest BCUT2D eigenvalue weighted by Crippen LogP contribution is -2.13. The van der Waals surface area contributed by atoms with E-state index < -0.39 is 11.9 Å². The zero-order chi connectivity index (χ0) is 13.3. The summed E-state index contributed by atoms with van der Waals surface area (Å²) >= 11 is 0. The third-order valence-corrected chi connectivity index (χ3v) is 2.41. The molecule has 1 N–H and O–H groups in total. The van der Waals surface area contributed by atoms with Gasteiger partial charge in [0.15, 0.2) is 0 Å². The van der Waals surface area contributed by atoms with Gasteiger partial charge in [-0.05, 0) is 20.3 Å². The van der Waals surface area contributed by atoms with Gasteiger partial charge in [-0.1, -0.05) is 31.8 Å². The van der Waals surface area contributed by atoms with Gasteiger partial charge in [-0.15, -0.1) is 0 Å². The second-order valence-corrected chi connectivity index (χ2v) is 4.25. The topological polar surface area (TPSA) is 63.6 Å². The fourth-order valence-corrected chi connectivity index (χ4v) is 1.39. The van der Waals surface area contributed by atoms with Crippen LogP contribution in [0.2, 0.25) is 0 Å². The number of carbonyl (C=O) groups is 2. The molecule has 0 unspecified atom stereocenters. The van der Waals surface area contributed by atoms with E-state index in [9.17, 15) is 9.59 Å². The molecule has 0 saturated heterocycles. The standard InChI is InChI=1S/C13H22O4/c1-4-5-6-7-8-17-13(16)11(10(2)3)9-12(14)15/h4-9H2,1-3H3,(H,14,15). The lowest BCUT2D eigenvalue weighted by Gasteiger charge is -2.08. The number of esters is 1. The molecule has 0 saturated carbocycles. The van der Waals surface area contributed by atoms with E-state index in [-0.39, 0.29) is 12.0 Å². The SMILES string of the molecule is CCCCCCOC(=O)C(CC(=O)O)=C(C)C. The summed E-state index contributed by atoms with van der Waals surface area (Å²) in [6.07, 6.45) is 3.86. The molecule has 4 heteroatoms. The predicted octanol–water partition coefficient (Wildman–Crippen LogP) is 2.92. The normalized spacial score (nSPS) is 9.82. The zero-order valence-electron chi connectivity index (χ0n) is 10.9. The number of aliphatic carboxylic acids is 1. The fourth-order valence-electron chi connectivity index (χ4n) is 1.39. The van der Waals surface area contributed by atoms with E-state index in [1.54, 1.807) is 13.8 Å². The first-order valence-corrected chi connectivity index (χ1v) is 6.04. The van der Waals surface area contributed by atoms with Crippen LogP contribution in [0.15, 0.2) is 11.1 Å². The number of unbranched alkanes of at least 4 members (excludes halogenated alkanes) is 3. The minimum absolute atomic E-state index is 0.257. The van der Waals surface area contributed by atoms with Crippen LogP contribution in [0.1, 0.15) is 52.9 Å². The number of ether oxygens (including phenoxy) is 1. The molecule has 0 atom stereocenters. The largest absolute Gasteiger partial charge is 0.481 e. The molecule has 0 radical (unpaired) electrons. The van der Waals surface area contributed by atoms with E-state index in [2.05, 4.69) is 6.92 Å². The third-order valence-electron chi connectivity index (χ3n) is 2.41. The molecule has 0 heterocycles. The van der Waals surface area contributed by atoms with E-state index >= 15 is 0 Å². The van der Waals surface area contributed by atoms with Crippen molar-refractivity contribution in [3.8, 4) is 0 Å². The summed E-state index contributed by atoms with van der Waals surface area (Å²) in [6, 6.07) is 0. The van der Waals surface area contributed by atoms with E-state index in [1.807, 2.05) is 0 Å². The van der Waals surface area contributed by atoms with Crippen LogP contribution in [-0.2, 0) is 14.3 Å². The second-order valence-electron chi connectivity index (χ2n) is 4.25. The number of carboxylic acids is 1. The molecule has 0 aliphatic heterocycles. The molecule has 0 bridgehead atoms. The van der Waals surface area contributed by atoms with Gasteiger partial charge >= 0.3 is 11.9 Å². The molecule has 0 fully saturated rings. The Morgan fingerprint density at radius 2 is 1.76 bits per heavy atom. The number of carboxylic acid groups (broad SMARTS) is 1. The first-order chi connectivity index (χ1) is 7.99. The summed E-state index contributed by atoms with van der Waals surface area (Å²) in [4.78, 5) is 22.2. The minimum Gasteiger partial charge on any atom is -0.481 e. The minimum atomic E-state index is -1.01. The molecule has 0 rings (SSSR count). The number of rotatable bonds is 8. The highest BCUT2D eigenvalue weighted by atomic mass is 16.5. The monoisotopic (exact) mass is 242 g/mol. The van der Waals surface area contributed by atoms with Crippen molar-refractivity contribution in [1.29, 1.82) is 0 Å². The van der Waals surface area contributed by atoms with Crippen molar-refractivity contribution in [3.63, 3.8) is 0 Å². The van der Waals surface area contributed by atoms with Gasteiger partial charge in [-0.25, -0.2) is 4.79 Å². The van der Waals surface area contributed by atoms with Crippen LogP contribution >= 0.6 is 0 Å². The highest BCUT2D eigenvalue weighted by Crippen LogP contribution is 2.11.